The number of hydrogen-bond acceptors (Lipinski definition) is 5. The SMILES string of the molecule is CCCn1c(-c2nc(C(=O)NC3CCSC3=O)cs2)cc2ccccc21. The fourth-order valence-corrected chi connectivity index (χ4v) is 4.96. The van der Waals surface area contributed by atoms with E-state index in [1.54, 1.807) is 5.38 Å². The highest BCUT2D eigenvalue weighted by molar-refractivity contribution is 8.14. The summed E-state index contributed by atoms with van der Waals surface area (Å²) in [5.74, 6) is 0.495. The average molecular weight is 386 g/mol. The van der Waals surface area contributed by atoms with Crippen LogP contribution in [0.3, 0.4) is 0 Å². The molecule has 0 bridgehead atoms. The molecule has 3 heterocycles. The fourth-order valence-electron chi connectivity index (χ4n) is 3.21. The molecule has 0 spiro atoms. The second kappa shape index (κ2) is 7.25. The Hall–Kier alpha value is -2.12. The van der Waals surface area contributed by atoms with Crippen LogP contribution < -0.4 is 5.32 Å². The first kappa shape index (κ1) is 17.3. The third kappa shape index (κ3) is 3.17. The van der Waals surface area contributed by atoms with Crippen molar-refractivity contribution in [1.29, 1.82) is 0 Å². The Bertz CT molecular complexity index is 976. The number of amides is 1. The summed E-state index contributed by atoms with van der Waals surface area (Å²) < 4.78 is 2.26. The molecule has 1 N–H and O–H groups in total. The van der Waals surface area contributed by atoms with Crippen LogP contribution in [0.1, 0.15) is 30.3 Å². The second-order valence-electron chi connectivity index (χ2n) is 6.26. The Balaban J connectivity index is 1.63. The number of para-hydroxylation sites is 1. The number of carbonyl (C=O) groups excluding carboxylic acids is 2. The molecular formula is C19H19N3O2S2. The number of aryl methyl sites for hydroxylation is 1. The fraction of sp³-hybridized carbons (Fsp3) is 0.316. The van der Waals surface area contributed by atoms with Crippen molar-refractivity contribution >= 4 is 45.0 Å². The van der Waals surface area contributed by atoms with Crippen molar-refractivity contribution < 1.29 is 9.59 Å². The summed E-state index contributed by atoms with van der Waals surface area (Å²) in [5, 5.41) is 6.61. The number of nitrogens with one attached hydrogen (secondary N) is 1. The molecule has 1 atom stereocenters. The van der Waals surface area contributed by atoms with E-state index in [-0.39, 0.29) is 17.1 Å². The van der Waals surface area contributed by atoms with Gasteiger partial charge in [-0.1, -0.05) is 36.9 Å². The summed E-state index contributed by atoms with van der Waals surface area (Å²) in [6.07, 6.45) is 1.71. The standard InChI is InChI=1S/C19H19N3O2S2/c1-2-8-22-15-6-4-3-5-12(15)10-16(22)18-21-14(11-26-18)17(23)20-13-7-9-25-19(13)24/h3-6,10-11,13H,2,7-9H2,1H3,(H,20,23). The minimum absolute atomic E-state index is 0.0388. The van der Waals surface area contributed by atoms with Crippen LogP contribution in [0.2, 0.25) is 0 Å². The van der Waals surface area contributed by atoms with Crippen LogP contribution in [0, 0.1) is 0 Å². The number of nitrogens with zero attached hydrogens (tertiary/aromatic N) is 2. The van der Waals surface area contributed by atoms with E-state index in [0.29, 0.717) is 12.1 Å². The lowest BCUT2D eigenvalue weighted by molar-refractivity contribution is -0.112. The molecular weight excluding hydrogens is 366 g/mol. The van der Waals surface area contributed by atoms with Crippen LogP contribution in [-0.4, -0.2) is 32.4 Å². The predicted octanol–water partition coefficient (Wildman–Crippen LogP) is 3.94. The summed E-state index contributed by atoms with van der Waals surface area (Å²) in [6.45, 7) is 3.05. The van der Waals surface area contributed by atoms with E-state index in [1.165, 1.54) is 34.0 Å². The number of aromatic nitrogens is 2. The first-order valence-electron chi connectivity index (χ1n) is 8.69. The molecule has 1 amide bonds. The first-order valence-corrected chi connectivity index (χ1v) is 10.6. The van der Waals surface area contributed by atoms with Crippen LogP contribution in [0.15, 0.2) is 35.7 Å². The molecule has 5 nitrogen and oxygen atoms in total. The Labute approximate surface area is 159 Å². The lowest BCUT2D eigenvalue weighted by Gasteiger charge is -2.08. The molecule has 0 radical (unpaired) electrons. The van der Waals surface area contributed by atoms with Gasteiger partial charge in [-0.2, -0.15) is 0 Å². The van der Waals surface area contributed by atoms with Crippen molar-refractivity contribution in [2.45, 2.75) is 32.4 Å². The number of fused-ring (bicyclic) bond motifs is 1. The van der Waals surface area contributed by atoms with E-state index < -0.39 is 0 Å². The van der Waals surface area contributed by atoms with Gasteiger partial charge >= 0.3 is 0 Å². The van der Waals surface area contributed by atoms with Crippen LogP contribution in [0.4, 0.5) is 0 Å². The molecule has 0 saturated carbocycles. The van der Waals surface area contributed by atoms with Crippen molar-refractivity contribution in [2.24, 2.45) is 0 Å². The van der Waals surface area contributed by atoms with Gasteiger partial charge in [0.2, 0.25) is 5.12 Å². The summed E-state index contributed by atoms with van der Waals surface area (Å²) in [4.78, 5) is 28.7. The van der Waals surface area contributed by atoms with Crippen molar-refractivity contribution in [3.63, 3.8) is 0 Å². The van der Waals surface area contributed by atoms with E-state index in [2.05, 4.69) is 40.0 Å². The number of benzene rings is 1. The topological polar surface area (TPSA) is 64.0 Å². The average Bonchev–Trinajstić information content (AvgIpc) is 3.35. The van der Waals surface area contributed by atoms with Crippen LogP contribution in [0.25, 0.3) is 21.6 Å². The lowest BCUT2D eigenvalue weighted by Crippen LogP contribution is -2.37. The van der Waals surface area contributed by atoms with Gasteiger partial charge in [0.05, 0.1) is 11.7 Å². The van der Waals surface area contributed by atoms with E-state index in [1.807, 2.05) is 12.1 Å². The van der Waals surface area contributed by atoms with Gasteiger partial charge < -0.3 is 9.88 Å². The van der Waals surface area contributed by atoms with Gasteiger partial charge in [-0.15, -0.1) is 11.3 Å². The molecule has 7 heteroatoms. The molecule has 134 valence electrons. The largest absolute Gasteiger partial charge is 0.340 e. The zero-order chi connectivity index (χ0) is 18.1. The maximum atomic E-state index is 12.4. The van der Waals surface area contributed by atoms with Gasteiger partial charge in [0, 0.05) is 28.6 Å². The molecule has 2 aromatic heterocycles. The minimum atomic E-state index is -0.385. The Morgan fingerprint density at radius 3 is 3.00 bits per heavy atom. The molecule has 4 rings (SSSR count). The van der Waals surface area contributed by atoms with Gasteiger partial charge in [-0.3, -0.25) is 9.59 Å². The Morgan fingerprint density at radius 2 is 2.23 bits per heavy atom. The molecule has 1 saturated heterocycles. The van der Waals surface area contributed by atoms with Gasteiger partial charge in [0.15, 0.2) is 0 Å². The van der Waals surface area contributed by atoms with E-state index in [4.69, 9.17) is 0 Å². The zero-order valence-corrected chi connectivity index (χ0v) is 16.0. The zero-order valence-electron chi connectivity index (χ0n) is 14.4. The predicted molar refractivity (Wildman–Crippen MR) is 107 cm³/mol. The number of thioether (sulfide) groups is 1. The Kier molecular flexibility index (Phi) is 4.82. The highest BCUT2D eigenvalue weighted by Crippen LogP contribution is 2.31. The summed E-state index contributed by atoms with van der Waals surface area (Å²) in [5.41, 5.74) is 2.59. The van der Waals surface area contributed by atoms with Gasteiger partial charge in [-0.05, 0) is 25.0 Å². The molecule has 3 aromatic rings. The quantitative estimate of drug-likeness (QED) is 0.723. The van der Waals surface area contributed by atoms with Crippen molar-refractivity contribution in [1.82, 2.24) is 14.9 Å². The highest BCUT2D eigenvalue weighted by atomic mass is 32.2. The van der Waals surface area contributed by atoms with Crippen LogP contribution in [-0.2, 0) is 11.3 Å². The normalized spacial score (nSPS) is 17.1. The molecule has 26 heavy (non-hydrogen) atoms. The lowest BCUT2D eigenvalue weighted by atomic mass is 10.2. The molecule has 1 aliphatic heterocycles. The number of carbonyl (C=O) groups is 2. The third-order valence-electron chi connectivity index (χ3n) is 4.45. The number of thiazole rings is 1. The van der Waals surface area contributed by atoms with Crippen molar-refractivity contribution in [3.8, 4) is 10.7 Å². The Morgan fingerprint density at radius 1 is 1.38 bits per heavy atom. The monoisotopic (exact) mass is 385 g/mol. The highest BCUT2D eigenvalue weighted by Gasteiger charge is 2.28. The van der Waals surface area contributed by atoms with Gasteiger partial charge in [0.25, 0.3) is 5.91 Å². The van der Waals surface area contributed by atoms with Crippen molar-refractivity contribution in [2.75, 3.05) is 5.75 Å². The smallest absolute Gasteiger partial charge is 0.271 e. The van der Waals surface area contributed by atoms with E-state index >= 15 is 0 Å². The van der Waals surface area contributed by atoms with Crippen LogP contribution >= 0.6 is 23.1 Å². The van der Waals surface area contributed by atoms with Gasteiger partial charge in [0.1, 0.15) is 10.7 Å². The molecule has 1 aromatic carbocycles. The van der Waals surface area contributed by atoms with E-state index in [9.17, 15) is 9.59 Å². The summed E-state index contributed by atoms with van der Waals surface area (Å²) in [7, 11) is 0. The summed E-state index contributed by atoms with van der Waals surface area (Å²) >= 11 is 2.74. The molecule has 0 aliphatic carbocycles. The molecule has 1 aliphatic rings. The molecule has 1 fully saturated rings. The summed E-state index contributed by atoms with van der Waals surface area (Å²) in [6, 6.07) is 10.0. The van der Waals surface area contributed by atoms with Crippen LogP contribution in [0.5, 0.6) is 0 Å². The van der Waals surface area contributed by atoms with E-state index in [0.717, 1.165) is 29.4 Å². The maximum Gasteiger partial charge on any atom is 0.271 e. The van der Waals surface area contributed by atoms with Crippen molar-refractivity contribution in [3.05, 3.63) is 41.4 Å². The third-order valence-corrected chi connectivity index (χ3v) is 6.33. The van der Waals surface area contributed by atoms with Gasteiger partial charge in [-0.25, -0.2) is 4.98 Å². The maximum absolute atomic E-state index is 12.4. The minimum Gasteiger partial charge on any atom is -0.340 e. The molecule has 1 unspecified atom stereocenters. The number of hydrogen-bond donors (Lipinski definition) is 1. The first-order chi connectivity index (χ1) is 12.7. The second-order valence-corrected chi connectivity index (χ2v) is 8.22. The number of rotatable bonds is 5.